The van der Waals surface area contributed by atoms with Gasteiger partial charge in [-0.25, -0.2) is 13.8 Å². The average Bonchev–Trinajstić information content (AvgIpc) is 2.64. The molecule has 3 aromatic rings. The largest absolute Gasteiger partial charge is 0.366 e. The van der Waals surface area contributed by atoms with Crippen LogP contribution in [0, 0.1) is 11.6 Å². The number of rotatable bonds is 5. The lowest BCUT2D eigenvalue weighted by atomic mass is 10.2. The lowest BCUT2D eigenvalue weighted by molar-refractivity contribution is 0.102. The van der Waals surface area contributed by atoms with Crippen molar-refractivity contribution in [1.29, 1.82) is 0 Å². The molecule has 0 fully saturated rings. The van der Waals surface area contributed by atoms with Crippen molar-refractivity contribution < 1.29 is 13.6 Å². The van der Waals surface area contributed by atoms with E-state index >= 15 is 0 Å². The van der Waals surface area contributed by atoms with Crippen LogP contribution in [0.15, 0.2) is 60.8 Å². The van der Waals surface area contributed by atoms with E-state index in [9.17, 15) is 13.6 Å². The number of aromatic nitrogens is 1. The third kappa shape index (κ3) is 4.55. The predicted molar refractivity (Wildman–Crippen MR) is 97.3 cm³/mol. The van der Waals surface area contributed by atoms with Gasteiger partial charge in [-0.2, -0.15) is 0 Å². The summed E-state index contributed by atoms with van der Waals surface area (Å²) < 4.78 is 26.1. The van der Waals surface area contributed by atoms with Crippen molar-refractivity contribution >= 4 is 29.0 Å². The van der Waals surface area contributed by atoms with Gasteiger partial charge in [0.1, 0.15) is 5.82 Å². The molecule has 1 heterocycles. The highest BCUT2D eigenvalue weighted by Crippen LogP contribution is 2.15. The van der Waals surface area contributed by atoms with E-state index in [0.29, 0.717) is 23.1 Å². The minimum absolute atomic E-state index is 0.0221. The fourth-order valence-corrected chi connectivity index (χ4v) is 2.33. The van der Waals surface area contributed by atoms with Crippen LogP contribution in [0.1, 0.15) is 15.9 Å². The number of hydrogen-bond donors (Lipinski definition) is 2. The molecule has 3 rings (SSSR count). The van der Waals surface area contributed by atoms with Gasteiger partial charge in [0, 0.05) is 17.1 Å². The van der Waals surface area contributed by atoms with Crippen molar-refractivity contribution in [3.05, 3.63) is 88.6 Å². The van der Waals surface area contributed by atoms with Crippen LogP contribution in [0.25, 0.3) is 0 Å². The third-order valence-corrected chi connectivity index (χ3v) is 3.84. The Kier molecular flexibility index (Phi) is 5.43. The second-order valence-electron chi connectivity index (χ2n) is 5.50. The fraction of sp³-hybridized carbons (Fsp3) is 0.0526. The Labute approximate surface area is 153 Å². The molecule has 7 heteroatoms. The molecule has 1 amide bonds. The van der Waals surface area contributed by atoms with Crippen LogP contribution in [0.2, 0.25) is 5.02 Å². The summed E-state index contributed by atoms with van der Waals surface area (Å²) >= 11 is 5.84. The Balaban J connectivity index is 1.59. The normalized spacial score (nSPS) is 10.4. The number of nitrogens with zero attached hydrogens (tertiary/aromatic N) is 1. The first kappa shape index (κ1) is 17.8. The summed E-state index contributed by atoms with van der Waals surface area (Å²) in [6.07, 6.45) is 1.47. The quantitative estimate of drug-likeness (QED) is 0.670. The van der Waals surface area contributed by atoms with E-state index in [4.69, 9.17) is 11.6 Å². The second kappa shape index (κ2) is 7.93. The van der Waals surface area contributed by atoms with Gasteiger partial charge in [0.25, 0.3) is 5.91 Å². The number of anilines is 2. The number of nitrogens with one attached hydrogen (secondary N) is 2. The van der Waals surface area contributed by atoms with Gasteiger partial charge in [0.2, 0.25) is 0 Å². The lowest BCUT2D eigenvalue weighted by Crippen LogP contribution is -2.12. The zero-order valence-electron chi connectivity index (χ0n) is 13.5. The summed E-state index contributed by atoms with van der Waals surface area (Å²) in [7, 11) is 0. The summed E-state index contributed by atoms with van der Waals surface area (Å²) in [5.41, 5.74) is 1.51. The number of amides is 1. The Hall–Kier alpha value is -2.99. The van der Waals surface area contributed by atoms with Gasteiger partial charge < -0.3 is 10.6 Å². The molecule has 132 valence electrons. The first-order valence-corrected chi connectivity index (χ1v) is 8.10. The van der Waals surface area contributed by atoms with E-state index < -0.39 is 17.5 Å². The van der Waals surface area contributed by atoms with Crippen molar-refractivity contribution in [1.82, 2.24) is 4.98 Å². The molecule has 0 bridgehead atoms. The number of halogens is 3. The highest BCUT2D eigenvalue weighted by Gasteiger charge is 2.10. The second-order valence-corrected chi connectivity index (χ2v) is 5.93. The summed E-state index contributed by atoms with van der Waals surface area (Å²) in [6, 6.07) is 13.8. The number of pyridine rings is 1. The summed E-state index contributed by atoms with van der Waals surface area (Å²) in [4.78, 5) is 16.3. The molecular weight excluding hydrogens is 360 g/mol. The van der Waals surface area contributed by atoms with E-state index in [0.717, 1.165) is 17.7 Å². The maximum atomic E-state index is 13.2. The fourth-order valence-electron chi connectivity index (χ4n) is 2.21. The minimum atomic E-state index is -1.07. The standard InChI is InChI=1S/C19H14ClF2N3O/c20-14-4-1-12(2-5-14)10-23-18-8-6-15(11-24-18)25-19(26)13-3-7-16(21)17(22)9-13/h1-9,11H,10H2,(H,23,24)(H,25,26). The lowest BCUT2D eigenvalue weighted by Gasteiger charge is -2.08. The van der Waals surface area contributed by atoms with Crippen molar-refractivity contribution in [2.45, 2.75) is 6.54 Å². The number of benzene rings is 2. The molecule has 26 heavy (non-hydrogen) atoms. The number of carbonyl (C=O) groups is 1. The van der Waals surface area contributed by atoms with E-state index in [2.05, 4.69) is 15.6 Å². The maximum absolute atomic E-state index is 13.2. The van der Waals surface area contributed by atoms with Crippen LogP contribution in [-0.4, -0.2) is 10.9 Å². The Morgan fingerprint density at radius 1 is 1.00 bits per heavy atom. The molecule has 0 saturated heterocycles. The molecule has 0 unspecified atom stereocenters. The van der Waals surface area contributed by atoms with E-state index in [1.165, 1.54) is 12.3 Å². The monoisotopic (exact) mass is 373 g/mol. The van der Waals surface area contributed by atoms with Gasteiger partial charge in [0.15, 0.2) is 11.6 Å². The predicted octanol–water partition coefficient (Wildman–Crippen LogP) is 4.88. The van der Waals surface area contributed by atoms with Crippen LogP contribution >= 0.6 is 11.6 Å². The van der Waals surface area contributed by atoms with Gasteiger partial charge in [-0.15, -0.1) is 0 Å². The van der Waals surface area contributed by atoms with Gasteiger partial charge in [0.05, 0.1) is 11.9 Å². The minimum Gasteiger partial charge on any atom is -0.366 e. The number of carbonyl (C=O) groups excluding carboxylic acids is 1. The summed E-state index contributed by atoms with van der Waals surface area (Å²) in [5.74, 6) is -1.99. The summed E-state index contributed by atoms with van der Waals surface area (Å²) in [6.45, 7) is 0.574. The first-order valence-electron chi connectivity index (χ1n) is 7.72. The van der Waals surface area contributed by atoms with Gasteiger partial charge in [-0.3, -0.25) is 4.79 Å². The Morgan fingerprint density at radius 2 is 1.77 bits per heavy atom. The van der Waals surface area contributed by atoms with E-state index in [1.807, 2.05) is 24.3 Å². The zero-order valence-corrected chi connectivity index (χ0v) is 14.2. The molecule has 2 aromatic carbocycles. The molecule has 0 aliphatic carbocycles. The average molecular weight is 374 g/mol. The van der Waals surface area contributed by atoms with Crippen molar-refractivity contribution in [2.24, 2.45) is 0 Å². The molecule has 2 N–H and O–H groups in total. The van der Waals surface area contributed by atoms with Crippen LogP contribution in [0.3, 0.4) is 0 Å². The van der Waals surface area contributed by atoms with Crippen LogP contribution in [-0.2, 0) is 6.54 Å². The number of hydrogen-bond acceptors (Lipinski definition) is 3. The first-order chi connectivity index (χ1) is 12.5. The molecule has 4 nitrogen and oxygen atoms in total. The van der Waals surface area contributed by atoms with Crippen LogP contribution in [0.4, 0.5) is 20.3 Å². The summed E-state index contributed by atoms with van der Waals surface area (Å²) in [5, 5.41) is 6.40. The van der Waals surface area contributed by atoms with Crippen LogP contribution < -0.4 is 10.6 Å². The van der Waals surface area contributed by atoms with Crippen LogP contribution in [0.5, 0.6) is 0 Å². The van der Waals surface area contributed by atoms with E-state index in [-0.39, 0.29) is 5.56 Å². The SMILES string of the molecule is O=C(Nc1ccc(NCc2ccc(Cl)cc2)nc1)c1ccc(F)c(F)c1. The van der Waals surface area contributed by atoms with Gasteiger partial charge in [-0.1, -0.05) is 23.7 Å². The molecule has 0 aliphatic heterocycles. The van der Waals surface area contributed by atoms with Gasteiger partial charge in [-0.05, 0) is 48.0 Å². The van der Waals surface area contributed by atoms with Crippen molar-refractivity contribution in [3.8, 4) is 0 Å². The van der Waals surface area contributed by atoms with E-state index in [1.54, 1.807) is 12.1 Å². The molecule has 0 aliphatic rings. The highest BCUT2D eigenvalue weighted by atomic mass is 35.5. The smallest absolute Gasteiger partial charge is 0.255 e. The van der Waals surface area contributed by atoms with Crippen molar-refractivity contribution in [3.63, 3.8) is 0 Å². The zero-order chi connectivity index (χ0) is 18.5. The van der Waals surface area contributed by atoms with Crippen molar-refractivity contribution in [2.75, 3.05) is 10.6 Å². The molecule has 1 aromatic heterocycles. The molecular formula is C19H14ClF2N3O. The van der Waals surface area contributed by atoms with Gasteiger partial charge >= 0.3 is 0 Å². The molecule has 0 spiro atoms. The maximum Gasteiger partial charge on any atom is 0.255 e. The molecule has 0 atom stereocenters. The third-order valence-electron chi connectivity index (χ3n) is 3.59. The Morgan fingerprint density at radius 3 is 2.42 bits per heavy atom. The molecule has 0 saturated carbocycles. The highest BCUT2D eigenvalue weighted by molar-refractivity contribution is 6.30. The Bertz CT molecular complexity index is 915. The molecule has 0 radical (unpaired) electrons. The topological polar surface area (TPSA) is 54.0 Å².